The number of hydrogen-bond donors (Lipinski definition) is 1. The van der Waals surface area contributed by atoms with Crippen LogP contribution in [0.3, 0.4) is 0 Å². The molecule has 0 bridgehead atoms. The van der Waals surface area contributed by atoms with Crippen LogP contribution >= 0.6 is 0 Å². The molecule has 1 fully saturated rings. The molecule has 1 aliphatic heterocycles. The Labute approximate surface area is 138 Å². The Kier molecular flexibility index (Phi) is 5.28. The lowest BCUT2D eigenvalue weighted by Crippen LogP contribution is -2.43. The molecule has 1 aliphatic rings. The third-order valence-electron chi connectivity index (χ3n) is 3.92. The Hall–Kier alpha value is -2.77. The van der Waals surface area contributed by atoms with Gasteiger partial charge in [-0.05, 0) is 25.0 Å². The average Bonchev–Trinajstić information content (AvgIpc) is 3.08. The van der Waals surface area contributed by atoms with Crippen LogP contribution in [-0.4, -0.2) is 61.6 Å². The molecule has 0 saturated carbocycles. The second-order valence-electron chi connectivity index (χ2n) is 5.24. The van der Waals surface area contributed by atoms with Crippen LogP contribution in [0.25, 0.3) is 0 Å². The predicted octanol–water partition coefficient (Wildman–Crippen LogP) is 0.971. The minimum absolute atomic E-state index is 0.0468. The molecule has 8 heteroatoms. The summed E-state index contributed by atoms with van der Waals surface area (Å²) in [5, 5.41) is 9.16. The molecule has 24 heavy (non-hydrogen) atoms. The van der Waals surface area contributed by atoms with Crippen LogP contribution in [0.5, 0.6) is 17.2 Å². The van der Waals surface area contributed by atoms with Crippen LogP contribution in [0.1, 0.15) is 23.2 Å². The molecule has 1 aromatic rings. The van der Waals surface area contributed by atoms with Gasteiger partial charge in [0.15, 0.2) is 11.5 Å². The predicted molar refractivity (Wildman–Crippen MR) is 82.8 cm³/mol. The highest BCUT2D eigenvalue weighted by Crippen LogP contribution is 2.38. The maximum Gasteiger partial charge on any atom is 0.326 e. The van der Waals surface area contributed by atoms with Crippen LogP contribution in [0.2, 0.25) is 0 Å². The van der Waals surface area contributed by atoms with E-state index in [-0.39, 0.29) is 23.6 Å². The van der Waals surface area contributed by atoms with Crippen molar-refractivity contribution in [2.24, 2.45) is 0 Å². The lowest BCUT2D eigenvalue weighted by atomic mass is 10.1. The topological polar surface area (TPSA) is 102 Å². The Bertz CT molecular complexity index is 645. The van der Waals surface area contributed by atoms with Gasteiger partial charge in [-0.1, -0.05) is 0 Å². The number of carbonyl (C=O) groups excluding carboxylic acids is 2. The van der Waals surface area contributed by atoms with E-state index in [1.807, 2.05) is 0 Å². The molecule has 1 saturated heterocycles. The first-order valence-electron chi connectivity index (χ1n) is 7.32. The molecule has 130 valence electrons. The normalized spacial score (nSPS) is 16.6. The summed E-state index contributed by atoms with van der Waals surface area (Å²) in [4.78, 5) is 37.2. The van der Waals surface area contributed by atoms with Crippen LogP contribution in [0, 0.1) is 0 Å². The van der Waals surface area contributed by atoms with E-state index >= 15 is 0 Å². The van der Waals surface area contributed by atoms with Gasteiger partial charge in [-0.25, -0.2) is 4.79 Å². The number of nitrogens with zero attached hydrogens (tertiary/aromatic N) is 1. The van der Waals surface area contributed by atoms with E-state index in [4.69, 9.17) is 19.3 Å². The number of hydrogen-bond acceptors (Lipinski definition) is 6. The van der Waals surface area contributed by atoms with Gasteiger partial charge in [0, 0.05) is 12.1 Å². The summed E-state index contributed by atoms with van der Waals surface area (Å²) in [6, 6.07) is 1.77. The minimum atomic E-state index is -1.11. The van der Waals surface area contributed by atoms with E-state index in [1.54, 1.807) is 0 Å². The van der Waals surface area contributed by atoms with Crippen LogP contribution in [0.4, 0.5) is 0 Å². The molecular formula is C16H19NO7. The smallest absolute Gasteiger partial charge is 0.326 e. The van der Waals surface area contributed by atoms with Gasteiger partial charge in [-0.15, -0.1) is 0 Å². The first kappa shape index (κ1) is 17.6. The van der Waals surface area contributed by atoms with Crippen molar-refractivity contribution in [2.45, 2.75) is 18.9 Å². The zero-order valence-electron chi connectivity index (χ0n) is 13.7. The van der Waals surface area contributed by atoms with Crippen molar-refractivity contribution in [1.29, 1.82) is 0 Å². The summed E-state index contributed by atoms with van der Waals surface area (Å²) in [5.74, 6) is -2.00. The first-order valence-corrected chi connectivity index (χ1v) is 7.32. The minimum Gasteiger partial charge on any atom is -0.493 e. The van der Waals surface area contributed by atoms with Crippen molar-refractivity contribution >= 4 is 17.7 Å². The number of amides is 1. The molecule has 1 N–H and O–H groups in total. The number of rotatable bonds is 6. The zero-order valence-corrected chi connectivity index (χ0v) is 13.7. The molecule has 1 atom stereocenters. The van der Waals surface area contributed by atoms with Crippen molar-refractivity contribution in [2.75, 3.05) is 27.9 Å². The first-order chi connectivity index (χ1) is 11.4. The highest BCUT2D eigenvalue weighted by molar-refractivity contribution is 6.43. The third kappa shape index (κ3) is 3.12. The van der Waals surface area contributed by atoms with Gasteiger partial charge in [0.25, 0.3) is 11.7 Å². The summed E-state index contributed by atoms with van der Waals surface area (Å²) in [5.41, 5.74) is 0.0468. The van der Waals surface area contributed by atoms with Gasteiger partial charge in [0.1, 0.15) is 6.04 Å². The van der Waals surface area contributed by atoms with Crippen molar-refractivity contribution in [3.05, 3.63) is 17.7 Å². The third-order valence-corrected chi connectivity index (χ3v) is 3.92. The maximum absolute atomic E-state index is 12.5. The molecule has 0 aliphatic carbocycles. The number of ether oxygens (including phenoxy) is 3. The average molecular weight is 337 g/mol. The molecule has 8 nitrogen and oxygen atoms in total. The number of ketones is 1. The van der Waals surface area contributed by atoms with Gasteiger partial charge in [0.2, 0.25) is 5.75 Å². The fourth-order valence-electron chi connectivity index (χ4n) is 2.73. The monoisotopic (exact) mass is 337 g/mol. The van der Waals surface area contributed by atoms with Gasteiger partial charge in [0.05, 0.1) is 21.3 Å². The van der Waals surface area contributed by atoms with Gasteiger partial charge in [-0.3, -0.25) is 9.59 Å². The summed E-state index contributed by atoms with van der Waals surface area (Å²) >= 11 is 0. The van der Waals surface area contributed by atoms with Crippen molar-refractivity contribution in [1.82, 2.24) is 4.90 Å². The van der Waals surface area contributed by atoms with Crippen LogP contribution in [-0.2, 0) is 9.59 Å². The van der Waals surface area contributed by atoms with Crippen LogP contribution in [0.15, 0.2) is 12.1 Å². The Balaban J connectivity index is 2.35. The number of Topliss-reactive ketones (excluding diaryl/α,β-unsaturated/α-hetero) is 1. The number of carboxylic acid groups (broad SMARTS) is 1. The van der Waals surface area contributed by atoms with Crippen molar-refractivity contribution in [3.8, 4) is 17.2 Å². The number of benzene rings is 1. The lowest BCUT2D eigenvalue weighted by molar-refractivity contribution is -0.146. The second-order valence-corrected chi connectivity index (χ2v) is 5.24. The summed E-state index contributed by atoms with van der Waals surface area (Å²) in [6.45, 7) is 0.242. The number of carbonyl (C=O) groups is 3. The van der Waals surface area contributed by atoms with E-state index < -0.39 is 23.7 Å². The number of carboxylic acids is 1. The lowest BCUT2D eigenvalue weighted by Gasteiger charge is -2.21. The van der Waals surface area contributed by atoms with E-state index in [1.165, 1.54) is 33.5 Å². The zero-order chi connectivity index (χ0) is 17.9. The molecule has 1 amide bonds. The molecule has 1 unspecified atom stereocenters. The van der Waals surface area contributed by atoms with Gasteiger partial charge >= 0.3 is 5.97 Å². The Morgan fingerprint density at radius 3 is 2.12 bits per heavy atom. The Morgan fingerprint density at radius 2 is 1.67 bits per heavy atom. The summed E-state index contributed by atoms with van der Waals surface area (Å²) in [6.07, 6.45) is 0.884. The van der Waals surface area contributed by atoms with E-state index in [0.717, 1.165) is 4.90 Å². The molecule has 1 aromatic carbocycles. The highest BCUT2D eigenvalue weighted by atomic mass is 16.5. The molecule has 1 heterocycles. The number of likely N-dealkylation sites (tertiary alicyclic amines) is 1. The van der Waals surface area contributed by atoms with E-state index in [2.05, 4.69) is 0 Å². The molecule has 0 spiro atoms. The fourth-order valence-corrected chi connectivity index (χ4v) is 2.73. The number of aliphatic carboxylic acids is 1. The number of methoxy groups -OCH3 is 3. The standard InChI is InChI=1S/C16H19NO7/c1-22-11-7-9(8-12(23-2)14(11)24-3)13(18)15(19)17-6-4-5-10(17)16(20)21/h7-8,10H,4-6H2,1-3H3,(H,20,21). The maximum atomic E-state index is 12.5. The second kappa shape index (κ2) is 7.20. The largest absolute Gasteiger partial charge is 0.493 e. The SMILES string of the molecule is COc1cc(C(=O)C(=O)N2CCCC2C(=O)O)cc(OC)c1OC. The van der Waals surface area contributed by atoms with Crippen molar-refractivity contribution in [3.63, 3.8) is 0 Å². The highest BCUT2D eigenvalue weighted by Gasteiger charge is 2.37. The van der Waals surface area contributed by atoms with Crippen LogP contribution < -0.4 is 14.2 Å². The molecule has 0 aromatic heterocycles. The summed E-state index contributed by atoms with van der Waals surface area (Å²) < 4.78 is 15.5. The van der Waals surface area contributed by atoms with Crippen molar-refractivity contribution < 1.29 is 33.7 Å². The van der Waals surface area contributed by atoms with E-state index in [9.17, 15) is 14.4 Å². The van der Waals surface area contributed by atoms with Gasteiger partial charge in [-0.2, -0.15) is 0 Å². The molecule has 2 rings (SSSR count). The molecular weight excluding hydrogens is 318 g/mol. The fraction of sp³-hybridized carbons (Fsp3) is 0.438. The summed E-state index contributed by atoms with van der Waals surface area (Å²) in [7, 11) is 4.22. The van der Waals surface area contributed by atoms with E-state index in [0.29, 0.717) is 18.6 Å². The quantitative estimate of drug-likeness (QED) is 0.609. The van der Waals surface area contributed by atoms with Gasteiger partial charge < -0.3 is 24.2 Å². The Morgan fingerprint density at radius 1 is 1.08 bits per heavy atom. The molecule has 0 radical (unpaired) electrons.